The van der Waals surface area contributed by atoms with Crippen LogP contribution in [0.25, 0.3) is 44.5 Å². The van der Waals surface area contributed by atoms with Gasteiger partial charge in [-0.05, 0) is 114 Å². The zero-order chi connectivity index (χ0) is 42.0. The highest BCUT2D eigenvalue weighted by Gasteiger charge is 2.54. The topological polar surface area (TPSA) is 12.5 Å². The summed E-state index contributed by atoms with van der Waals surface area (Å²) >= 11 is 0. The molecule has 2 nitrogen and oxygen atoms in total. The van der Waals surface area contributed by atoms with Gasteiger partial charge in [-0.2, -0.15) is 0 Å². The van der Waals surface area contributed by atoms with E-state index in [1.807, 2.05) is 0 Å². The molecule has 300 valence electrons. The number of fused-ring (bicyclic) bond motifs is 20. The first-order valence-electron chi connectivity index (χ1n) is 22.6. The summed E-state index contributed by atoms with van der Waals surface area (Å²) in [6.07, 6.45) is 8.82. The Bertz CT molecular complexity index is 3410. The number of benzene rings is 8. The fourth-order valence-corrected chi connectivity index (χ4v) is 13.0. The highest BCUT2D eigenvalue weighted by atomic mass is 16.5. The van der Waals surface area contributed by atoms with Crippen molar-refractivity contribution >= 4 is 17.1 Å². The number of ether oxygens (including phenoxy) is 1. The second-order valence-electron chi connectivity index (χ2n) is 19.5. The van der Waals surface area contributed by atoms with Crippen molar-refractivity contribution in [1.29, 1.82) is 0 Å². The van der Waals surface area contributed by atoms with Gasteiger partial charge in [0.1, 0.15) is 11.9 Å². The van der Waals surface area contributed by atoms with E-state index in [4.69, 9.17) is 4.74 Å². The normalized spacial score (nSPS) is 20.7. The second-order valence-corrected chi connectivity index (χ2v) is 19.5. The van der Waals surface area contributed by atoms with Gasteiger partial charge >= 0.3 is 0 Å². The second kappa shape index (κ2) is 12.1. The molecule has 0 bridgehead atoms. The molecule has 2 heteroatoms. The maximum absolute atomic E-state index is 6.94. The lowest BCUT2D eigenvalue weighted by atomic mass is 9.70. The van der Waals surface area contributed by atoms with Gasteiger partial charge in [-0.1, -0.05) is 179 Å². The maximum Gasteiger partial charge on any atom is 0.132 e. The van der Waals surface area contributed by atoms with Crippen LogP contribution >= 0.6 is 0 Å². The Balaban J connectivity index is 1.02. The Hall–Kier alpha value is -7.16. The van der Waals surface area contributed by atoms with Crippen LogP contribution in [0.4, 0.5) is 17.1 Å². The van der Waals surface area contributed by atoms with Gasteiger partial charge in [-0.15, -0.1) is 0 Å². The summed E-state index contributed by atoms with van der Waals surface area (Å²) in [7, 11) is 0. The fraction of sp³-hybridized carbons (Fsp3) is 0.148. The SMILES string of the molecule is CC1(C)c2ccccc2-c2ccc(N(c3ccc4c(c3)-c3ccccc3C43c4ccccc4-c4c3ccc3c4OC4C=CC=CC34)c3cccc4c3-c3ccccc3C4(C)C)cc21. The van der Waals surface area contributed by atoms with Crippen LogP contribution in [0.5, 0.6) is 5.75 Å². The molecule has 6 aliphatic rings. The van der Waals surface area contributed by atoms with Gasteiger partial charge in [0.15, 0.2) is 0 Å². The van der Waals surface area contributed by atoms with Gasteiger partial charge < -0.3 is 9.64 Å². The van der Waals surface area contributed by atoms with E-state index in [1.165, 1.54) is 106 Å². The van der Waals surface area contributed by atoms with Crippen LogP contribution in [0.3, 0.4) is 0 Å². The van der Waals surface area contributed by atoms with Crippen LogP contribution in [0.2, 0.25) is 0 Å². The van der Waals surface area contributed by atoms with Gasteiger partial charge in [0.05, 0.1) is 11.1 Å². The minimum absolute atomic E-state index is 0.0211. The number of anilines is 3. The number of nitrogens with zero attached hydrogens (tertiary/aromatic N) is 1. The van der Waals surface area contributed by atoms with Crippen LogP contribution in [0.15, 0.2) is 188 Å². The molecular formula is C61H45NO. The number of rotatable bonds is 3. The molecule has 0 fully saturated rings. The molecule has 0 aromatic heterocycles. The van der Waals surface area contributed by atoms with Crippen LogP contribution < -0.4 is 9.64 Å². The zero-order valence-electron chi connectivity index (χ0n) is 35.9. The largest absolute Gasteiger partial charge is 0.484 e. The van der Waals surface area contributed by atoms with Crippen molar-refractivity contribution in [3.63, 3.8) is 0 Å². The van der Waals surface area contributed by atoms with Gasteiger partial charge in [0.2, 0.25) is 0 Å². The van der Waals surface area contributed by atoms with Crippen molar-refractivity contribution in [2.24, 2.45) is 0 Å². The molecule has 3 atom stereocenters. The molecule has 0 radical (unpaired) electrons. The lowest BCUT2D eigenvalue weighted by Gasteiger charge is -2.32. The van der Waals surface area contributed by atoms with Gasteiger partial charge in [-0.3, -0.25) is 0 Å². The molecule has 8 aromatic rings. The molecule has 0 amide bonds. The van der Waals surface area contributed by atoms with E-state index in [9.17, 15) is 0 Å². The smallest absolute Gasteiger partial charge is 0.132 e. The van der Waals surface area contributed by atoms with Crippen LogP contribution in [0.1, 0.15) is 83.7 Å². The predicted molar refractivity (Wildman–Crippen MR) is 258 cm³/mol. The molecule has 63 heavy (non-hydrogen) atoms. The standard InChI is InChI=1S/C61H45NO/c1-59(2)47-22-11-7-19-43(47)56-51(59)25-15-26-54(56)62(37-28-30-40-38-16-5-10-21-46(38)60(3,4)53(40)35-37)36-29-32-50-45(34-36)39-17-6-12-23-48(39)61(50)49-24-13-8-20-44(49)57-52(61)33-31-42-41-18-9-14-27-55(41)63-58(42)57/h5-35,41,55H,1-4H3. The highest BCUT2D eigenvalue weighted by Crippen LogP contribution is 2.66. The van der Waals surface area contributed by atoms with E-state index < -0.39 is 5.41 Å². The van der Waals surface area contributed by atoms with Gasteiger partial charge in [-0.25, -0.2) is 0 Å². The lowest BCUT2D eigenvalue weighted by molar-refractivity contribution is 0.269. The predicted octanol–water partition coefficient (Wildman–Crippen LogP) is 15.1. The first-order chi connectivity index (χ1) is 30.8. The molecule has 1 spiro atoms. The molecule has 1 heterocycles. The van der Waals surface area contributed by atoms with Gasteiger partial charge in [0.25, 0.3) is 0 Å². The van der Waals surface area contributed by atoms with Crippen molar-refractivity contribution in [2.45, 2.75) is 56.0 Å². The molecule has 3 unspecified atom stereocenters. The molecular weight excluding hydrogens is 763 g/mol. The number of hydrogen-bond acceptors (Lipinski definition) is 2. The quantitative estimate of drug-likeness (QED) is 0.176. The molecule has 8 aromatic carbocycles. The van der Waals surface area contributed by atoms with E-state index in [-0.39, 0.29) is 22.9 Å². The third-order valence-corrected chi connectivity index (χ3v) is 15.8. The van der Waals surface area contributed by atoms with Crippen LogP contribution in [-0.4, -0.2) is 6.10 Å². The van der Waals surface area contributed by atoms with E-state index in [0.29, 0.717) is 0 Å². The zero-order valence-corrected chi connectivity index (χ0v) is 35.9. The fourth-order valence-electron chi connectivity index (χ4n) is 13.0. The van der Waals surface area contributed by atoms with E-state index in [2.05, 4.69) is 221 Å². The minimum Gasteiger partial charge on any atom is -0.484 e. The Morgan fingerprint density at radius 2 is 0.952 bits per heavy atom. The average Bonchev–Trinajstić information content (AvgIpc) is 4.06. The number of allylic oxidation sites excluding steroid dienone is 2. The Labute approximate surface area is 369 Å². The van der Waals surface area contributed by atoms with Gasteiger partial charge in [0, 0.05) is 44.8 Å². The number of hydrogen-bond donors (Lipinski definition) is 0. The molecule has 5 aliphatic carbocycles. The Morgan fingerprint density at radius 1 is 0.413 bits per heavy atom. The molecule has 0 saturated heterocycles. The summed E-state index contributed by atoms with van der Waals surface area (Å²) < 4.78 is 6.94. The third kappa shape index (κ3) is 4.29. The maximum atomic E-state index is 6.94. The minimum atomic E-state index is -0.487. The molecule has 0 N–H and O–H groups in total. The van der Waals surface area contributed by atoms with E-state index >= 15 is 0 Å². The van der Waals surface area contributed by atoms with Crippen molar-refractivity contribution in [3.05, 3.63) is 238 Å². The molecule has 1 aliphatic heterocycles. The summed E-state index contributed by atoms with van der Waals surface area (Å²) in [5.74, 6) is 1.27. The van der Waals surface area contributed by atoms with Crippen LogP contribution in [-0.2, 0) is 16.2 Å². The molecule has 14 rings (SSSR count). The summed E-state index contributed by atoms with van der Waals surface area (Å²) in [5, 5.41) is 0. The first-order valence-corrected chi connectivity index (χ1v) is 22.6. The highest BCUT2D eigenvalue weighted by molar-refractivity contribution is 6.00. The molecule has 0 saturated carbocycles. The third-order valence-electron chi connectivity index (χ3n) is 15.8. The van der Waals surface area contributed by atoms with Crippen molar-refractivity contribution in [1.82, 2.24) is 0 Å². The van der Waals surface area contributed by atoms with E-state index in [0.717, 1.165) is 11.4 Å². The monoisotopic (exact) mass is 807 g/mol. The van der Waals surface area contributed by atoms with Crippen LogP contribution in [0, 0.1) is 0 Å². The van der Waals surface area contributed by atoms with Crippen molar-refractivity contribution in [3.8, 4) is 50.3 Å². The summed E-state index contributed by atoms with van der Waals surface area (Å²) in [6, 6.07) is 62.6. The summed E-state index contributed by atoms with van der Waals surface area (Å²) in [4.78, 5) is 2.56. The van der Waals surface area contributed by atoms with Crippen molar-refractivity contribution in [2.75, 3.05) is 4.90 Å². The average molecular weight is 808 g/mol. The van der Waals surface area contributed by atoms with Crippen molar-refractivity contribution < 1.29 is 4.74 Å². The Kier molecular flexibility index (Phi) is 6.78. The first kappa shape index (κ1) is 35.4. The van der Waals surface area contributed by atoms with E-state index in [1.54, 1.807) is 0 Å². The lowest BCUT2D eigenvalue weighted by Crippen LogP contribution is -2.26. The Morgan fingerprint density at radius 3 is 1.73 bits per heavy atom. The summed E-state index contributed by atoms with van der Waals surface area (Å²) in [5.41, 5.74) is 25.2. The summed E-state index contributed by atoms with van der Waals surface area (Å²) in [6.45, 7) is 9.53.